The highest BCUT2D eigenvalue weighted by atomic mass is 16.2. The molecule has 4 aliphatic rings. The van der Waals surface area contributed by atoms with Crippen molar-refractivity contribution in [1.82, 2.24) is 19.6 Å². The van der Waals surface area contributed by atoms with Crippen LogP contribution in [0.2, 0.25) is 0 Å². The number of rotatable bonds is 6. The van der Waals surface area contributed by atoms with Gasteiger partial charge in [0, 0.05) is 44.4 Å². The molecule has 2 aliphatic heterocycles. The van der Waals surface area contributed by atoms with Gasteiger partial charge in [0.25, 0.3) is 5.91 Å². The van der Waals surface area contributed by atoms with Gasteiger partial charge in [-0.3, -0.25) is 24.2 Å². The summed E-state index contributed by atoms with van der Waals surface area (Å²) in [6.07, 6.45) is 6.51. The van der Waals surface area contributed by atoms with Crippen LogP contribution in [0.5, 0.6) is 0 Å². The van der Waals surface area contributed by atoms with Crippen molar-refractivity contribution in [2.75, 3.05) is 19.6 Å². The molecule has 3 fully saturated rings. The fraction of sp³-hybridized carbons (Fsp3) is 0.400. The fourth-order valence-electron chi connectivity index (χ4n) is 5.82. The van der Waals surface area contributed by atoms with Crippen LogP contribution in [0, 0.1) is 11.8 Å². The van der Waals surface area contributed by atoms with Crippen LogP contribution in [0.25, 0.3) is 22.4 Å². The van der Waals surface area contributed by atoms with Crippen LogP contribution in [-0.4, -0.2) is 62.4 Å². The number of aromatic nitrogens is 2. The number of aliphatic imine (C=N–C) groups is 1. The number of carbonyl (C=O) groups is 2. The highest BCUT2D eigenvalue weighted by molar-refractivity contribution is 6.16. The summed E-state index contributed by atoms with van der Waals surface area (Å²) in [7, 11) is 1.95. The summed E-state index contributed by atoms with van der Waals surface area (Å²) in [5.41, 5.74) is 4.94. The van der Waals surface area contributed by atoms with E-state index in [1.165, 1.54) is 0 Å². The third-order valence-electron chi connectivity index (χ3n) is 8.39. The zero-order chi connectivity index (χ0) is 25.1. The van der Waals surface area contributed by atoms with Crippen molar-refractivity contribution in [3.05, 3.63) is 66.4 Å². The molecular weight excluding hydrogens is 462 g/mol. The van der Waals surface area contributed by atoms with Gasteiger partial charge in [0.1, 0.15) is 11.4 Å². The molecule has 0 radical (unpaired) electrons. The summed E-state index contributed by atoms with van der Waals surface area (Å²) in [5.74, 6) is 1.82. The molecule has 7 nitrogen and oxygen atoms in total. The van der Waals surface area contributed by atoms with Gasteiger partial charge in [-0.15, -0.1) is 0 Å². The Morgan fingerprint density at radius 1 is 0.919 bits per heavy atom. The Balaban J connectivity index is 1.09. The molecule has 1 aromatic heterocycles. The molecule has 0 bridgehead atoms. The van der Waals surface area contributed by atoms with Gasteiger partial charge in [0.2, 0.25) is 5.91 Å². The molecule has 7 heteroatoms. The van der Waals surface area contributed by atoms with Crippen molar-refractivity contribution < 1.29 is 9.59 Å². The minimum absolute atomic E-state index is 0.143. The van der Waals surface area contributed by atoms with Crippen molar-refractivity contribution in [3.8, 4) is 22.4 Å². The molecule has 2 aromatic carbocycles. The topological polar surface area (TPSA) is 70.8 Å². The Hall–Kier alpha value is -3.74. The molecule has 1 spiro atoms. The van der Waals surface area contributed by atoms with Crippen molar-refractivity contribution >= 4 is 17.6 Å². The first-order valence-electron chi connectivity index (χ1n) is 13.4. The second kappa shape index (κ2) is 8.40. The van der Waals surface area contributed by atoms with Gasteiger partial charge in [0.05, 0.1) is 5.69 Å². The first-order valence-corrected chi connectivity index (χ1v) is 13.4. The van der Waals surface area contributed by atoms with Crippen molar-refractivity contribution in [2.24, 2.45) is 23.9 Å². The van der Waals surface area contributed by atoms with Crippen LogP contribution in [0.15, 0.2) is 65.8 Å². The molecule has 188 valence electrons. The van der Waals surface area contributed by atoms with Crippen LogP contribution in [0.3, 0.4) is 0 Å². The van der Waals surface area contributed by atoms with Crippen molar-refractivity contribution in [2.45, 2.75) is 37.6 Å². The lowest BCUT2D eigenvalue weighted by Gasteiger charge is -2.23. The minimum atomic E-state index is -0.530. The first kappa shape index (κ1) is 22.5. The van der Waals surface area contributed by atoms with E-state index < -0.39 is 5.54 Å². The molecular formula is C30H31N5O2. The average Bonchev–Trinajstić information content (AvgIpc) is 3.81. The standard InChI is InChI=1S/C30H31N5O2/c1-33-26(12-16-31-33)23-6-2-21(3-7-23)22-4-8-24(9-5-22)27-32-30(14-15-30)29(37)35(27)19-20-13-17-34(18-20)28(36)25-10-11-25/h2-9,12,16,20,25H,10-11,13-15,17-19H2,1H3. The van der Waals surface area contributed by atoms with Gasteiger partial charge in [-0.05, 0) is 60.8 Å². The van der Waals surface area contributed by atoms with Gasteiger partial charge >= 0.3 is 0 Å². The lowest BCUT2D eigenvalue weighted by molar-refractivity contribution is -0.131. The van der Waals surface area contributed by atoms with E-state index in [1.54, 1.807) is 0 Å². The third-order valence-corrected chi connectivity index (χ3v) is 8.39. The third kappa shape index (κ3) is 3.97. The quantitative estimate of drug-likeness (QED) is 0.518. The lowest BCUT2D eigenvalue weighted by atomic mass is 10.0. The van der Waals surface area contributed by atoms with Gasteiger partial charge in [-0.25, -0.2) is 0 Å². The van der Waals surface area contributed by atoms with E-state index in [0.29, 0.717) is 18.4 Å². The Bertz CT molecular complexity index is 1400. The fourth-order valence-corrected chi connectivity index (χ4v) is 5.82. The van der Waals surface area contributed by atoms with Gasteiger partial charge < -0.3 is 4.90 Å². The summed E-state index contributed by atoms with van der Waals surface area (Å²) in [6, 6.07) is 18.9. The molecule has 0 N–H and O–H groups in total. The Labute approximate surface area is 216 Å². The zero-order valence-electron chi connectivity index (χ0n) is 21.1. The van der Waals surface area contributed by atoms with Crippen LogP contribution in [0.4, 0.5) is 0 Å². The van der Waals surface area contributed by atoms with E-state index >= 15 is 0 Å². The summed E-state index contributed by atoms with van der Waals surface area (Å²) >= 11 is 0. The normalized spacial score (nSPS) is 22.1. The van der Waals surface area contributed by atoms with Crippen LogP contribution < -0.4 is 0 Å². The second-order valence-electron chi connectivity index (χ2n) is 11.1. The summed E-state index contributed by atoms with van der Waals surface area (Å²) < 4.78 is 1.87. The Kier molecular flexibility index (Phi) is 5.10. The highest BCUT2D eigenvalue weighted by Crippen LogP contribution is 2.46. The maximum absolute atomic E-state index is 13.4. The molecule has 37 heavy (non-hydrogen) atoms. The number of likely N-dealkylation sites (tertiary alicyclic amines) is 1. The monoisotopic (exact) mass is 493 g/mol. The first-order chi connectivity index (χ1) is 18.0. The maximum Gasteiger partial charge on any atom is 0.256 e. The predicted molar refractivity (Wildman–Crippen MR) is 142 cm³/mol. The molecule has 1 saturated heterocycles. The van der Waals surface area contributed by atoms with Crippen LogP contribution >= 0.6 is 0 Å². The van der Waals surface area contributed by atoms with Crippen LogP contribution in [0.1, 0.15) is 37.7 Å². The van der Waals surface area contributed by atoms with Crippen molar-refractivity contribution in [3.63, 3.8) is 0 Å². The number of amidine groups is 1. The maximum atomic E-state index is 13.4. The number of aryl methyl sites for hydroxylation is 1. The summed E-state index contributed by atoms with van der Waals surface area (Å²) in [5, 5.41) is 4.26. The van der Waals surface area contributed by atoms with E-state index in [0.717, 1.165) is 79.0 Å². The zero-order valence-corrected chi connectivity index (χ0v) is 21.1. The molecule has 2 aliphatic carbocycles. The lowest BCUT2D eigenvalue weighted by Crippen LogP contribution is -2.40. The molecule has 1 atom stereocenters. The number of carbonyl (C=O) groups excluding carboxylic acids is 2. The predicted octanol–water partition coefficient (Wildman–Crippen LogP) is 4.13. The number of nitrogens with zero attached hydrogens (tertiary/aromatic N) is 5. The Morgan fingerprint density at radius 2 is 1.57 bits per heavy atom. The van der Waals surface area contributed by atoms with E-state index in [2.05, 4.69) is 53.6 Å². The molecule has 2 saturated carbocycles. The molecule has 1 unspecified atom stereocenters. The van der Waals surface area contributed by atoms with E-state index in [4.69, 9.17) is 4.99 Å². The largest absolute Gasteiger partial charge is 0.342 e. The molecule has 3 aromatic rings. The molecule has 2 amide bonds. The average molecular weight is 494 g/mol. The number of benzene rings is 2. The molecule has 7 rings (SSSR count). The second-order valence-corrected chi connectivity index (χ2v) is 11.1. The smallest absolute Gasteiger partial charge is 0.256 e. The van der Waals surface area contributed by atoms with Crippen LogP contribution in [-0.2, 0) is 16.6 Å². The van der Waals surface area contributed by atoms with E-state index in [9.17, 15) is 9.59 Å². The van der Waals surface area contributed by atoms with Gasteiger partial charge in [0.15, 0.2) is 0 Å². The summed E-state index contributed by atoms with van der Waals surface area (Å²) in [6.45, 7) is 2.21. The molecule has 3 heterocycles. The summed E-state index contributed by atoms with van der Waals surface area (Å²) in [4.78, 5) is 34.8. The van der Waals surface area contributed by atoms with E-state index in [1.807, 2.05) is 33.8 Å². The number of hydrogen-bond donors (Lipinski definition) is 0. The number of amides is 2. The SMILES string of the molecule is Cn1nccc1-c1ccc(-c2ccc(C3=NC4(CC4)C(=O)N3CC3CCN(C(=O)C4CC4)C3)cc2)cc1. The van der Waals surface area contributed by atoms with Crippen molar-refractivity contribution in [1.29, 1.82) is 0 Å². The minimum Gasteiger partial charge on any atom is -0.342 e. The van der Waals surface area contributed by atoms with Gasteiger partial charge in [-0.1, -0.05) is 48.5 Å². The number of hydrogen-bond acceptors (Lipinski definition) is 4. The van der Waals surface area contributed by atoms with E-state index in [-0.39, 0.29) is 11.8 Å². The highest BCUT2D eigenvalue weighted by Gasteiger charge is 2.57. The van der Waals surface area contributed by atoms with Gasteiger partial charge in [-0.2, -0.15) is 5.10 Å². The Morgan fingerprint density at radius 3 is 2.16 bits per heavy atom.